The lowest BCUT2D eigenvalue weighted by Crippen LogP contribution is -2.48. The van der Waals surface area contributed by atoms with E-state index in [0.717, 1.165) is 68.6 Å². The van der Waals surface area contributed by atoms with E-state index in [2.05, 4.69) is 52.3 Å². The lowest BCUT2D eigenvalue weighted by atomic mass is 9.98. The molecule has 5 nitrogen and oxygen atoms in total. The van der Waals surface area contributed by atoms with Gasteiger partial charge in [0.25, 0.3) is 0 Å². The Morgan fingerprint density at radius 2 is 1.89 bits per heavy atom. The topological polar surface area (TPSA) is 49.3 Å². The van der Waals surface area contributed by atoms with Crippen LogP contribution in [-0.2, 0) is 11.2 Å². The maximum absolute atomic E-state index is 13.1. The number of aryl methyl sites for hydroxylation is 1. The van der Waals surface area contributed by atoms with E-state index in [1.807, 2.05) is 0 Å². The van der Waals surface area contributed by atoms with Crippen molar-refractivity contribution in [2.24, 2.45) is 5.92 Å². The van der Waals surface area contributed by atoms with Crippen LogP contribution >= 0.6 is 11.5 Å². The number of anilines is 1. The third kappa shape index (κ3) is 4.15. The summed E-state index contributed by atoms with van der Waals surface area (Å²) in [6.45, 7) is 7.08. The van der Waals surface area contributed by atoms with Crippen LogP contribution in [0.2, 0.25) is 0 Å². The molecule has 4 rings (SSSR count). The number of aromatic nitrogens is 2. The molecule has 2 aromatic rings. The summed E-state index contributed by atoms with van der Waals surface area (Å²) in [7, 11) is 0. The van der Waals surface area contributed by atoms with E-state index in [1.165, 1.54) is 22.7 Å². The molecule has 0 bridgehead atoms. The first-order chi connectivity index (χ1) is 13.1. The molecule has 1 aromatic carbocycles. The molecular weight excluding hydrogens is 356 g/mol. The molecule has 27 heavy (non-hydrogen) atoms. The predicted octanol–water partition coefficient (Wildman–Crippen LogP) is 3.66. The minimum atomic E-state index is -0.0569. The fourth-order valence-corrected chi connectivity index (χ4v) is 4.78. The lowest BCUT2D eigenvalue weighted by molar-refractivity contribution is -0.133. The van der Waals surface area contributed by atoms with Gasteiger partial charge < -0.3 is 9.80 Å². The molecule has 6 heteroatoms. The smallest absolute Gasteiger partial charge is 0.245 e. The van der Waals surface area contributed by atoms with Crippen molar-refractivity contribution in [2.45, 2.75) is 52.0 Å². The molecule has 0 spiro atoms. The number of carbonyl (C=O) groups is 1. The van der Waals surface area contributed by atoms with Crippen molar-refractivity contribution in [2.75, 3.05) is 24.5 Å². The molecule has 0 N–H and O–H groups in total. The van der Waals surface area contributed by atoms with Crippen molar-refractivity contribution in [1.82, 2.24) is 14.3 Å². The van der Waals surface area contributed by atoms with Crippen molar-refractivity contribution in [3.8, 4) is 0 Å². The van der Waals surface area contributed by atoms with Gasteiger partial charge in [-0.05, 0) is 44.1 Å². The summed E-state index contributed by atoms with van der Waals surface area (Å²) in [5, 5.41) is 0.901. The Hall–Kier alpha value is -1.95. The van der Waals surface area contributed by atoms with Crippen LogP contribution in [0.1, 0.15) is 49.6 Å². The fourth-order valence-electron chi connectivity index (χ4n) is 4.01. The second-order valence-electron chi connectivity index (χ2n) is 8.01. The molecule has 2 fully saturated rings. The third-order valence-corrected chi connectivity index (χ3v) is 6.61. The molecule has 2 saturated heterocycles. The van der Waals surface area contributed by atoms with Gasteiger partial charge in [0.2, 0.25) is 11.0 Å². The quantitative estimate of drug-likeness (QED) is 0.807. The van der Waals surface area contributed by atoms with Gasteiger partial charge in [-0.2, -0.15) is 4.37 Å². The first-order valence-corrected chi connectivity index (χ1v) is 10.8. The Kier molecular flexibility index (Phi) is 5.43. The molecular formula is C21H28N4OS. The highest BCUT2D eigenvalue weighted by Crippen LogP contribution is 2.29. The Balaban J connectivity index is 1.43. The SMILES string of the molecule is Cc1ccc(Cc2nsc(N3CCC[C@H]3C(=O)N3CCC(C)CC3)n2)cc1. The van der Waals surface area contributed by atoms with E-state index in [0.29, 0.717) is 0 Å². The van der Waals surface area contributed by atoms with Gasteiger partial charge in [0, 0.05) is 37.6 Å². The summed E-state index contributed by atoms with van der Waals surface area (Å²) in [5.74, 6) is 1.87. The zero-order valence-corrected chi connectivity index (χ0v) is 17.0. The summed E-state index contributed by atoms with van der Waals surface area (Å²) in [6.07, 6.45) is 4.97. The molecule has 3 heterocycles. The van der Waals surface area contributed by atoms with Gasteiger partial charge in [-0.25, -0.2) is 4.98 Å². The van der Waals surface area contributed by atoms with Crippen molar-refractivity contribution >= 4 is 22.6 Å². The number of hydrogen-bond acceptors (Lipinski definition) is 5. The van der Waals surface area contributed by atoms with Crippen LogP contribution in [0.15, 0.2) is 24.3 Å². The van der Waals surface area contributed by atoms with Gasteiger partial charge in [0.1, 0.15) is 11.9 Å². The zero-order chi connectivity index (χ0) is 18.8. The van der Waals surface area contributed by atoms with Crippen LogP contribution in [0.4, 0.5) is 5.13 Å². The predicted molar refractivity (Wildman–Crippen MR) is 109 cm³/mol. The lowest BCUT2D eigenvalue weighted by Gasteiger charge is -2.34. The normalized spacial score (nSPS) is 21.0. The van der Waals surface area contributed by atoms with Crippen molar-refractivity contribution < 1.29 is 4.79 Å². The van der Waals surface area contributed by atoms with Crippen LogP contribution < -0.4 is 4.90 Å². The minimum absolute atomic E-state index is 0.0569. The van der Waals surface area contributed by atoms with Gasteiger partial charge in [-0.3, -0.25) is 4.79 Å². The van der Waals surface area contributed by atoms with Gasteiger partial charge in [0.05, 0.1) is 0 Å². The van der Waals surface area contributed by atoms with Crippen molar-refractivity contribution in [3.05, 3.63) is 41.2 Å². The molecule has 144 valence electrons. The van der Waals surface area contributed by atoms with E-state index < -0.39 is 0 Å². The molecule has 2 aliphatic heterocycles. The van der Waals surface area contributed by atoms with Gasteiger partial charge >= 0.3 is 0 Å². The summed E-state index contributed by atoms with van der Waals surface area (Å²) in [6, 6.07) is 8.46. The molecule has 0 radical (unpaired) electrons. The number of likely N-dealkylation sites (tertiary alicyclic amines) is 1. The van der Waals surface area contributed by atoms with E-state index in [-0.39, 0.29) is 11.9 Å². The summed E-state index contributed by atoms with van der Waals surface area (Å²) >= 11 is 1.43. The highest BCUT2D eigenvalue weighted by atomic mass is 32.1. The number of piperidine rings is 1. The van der Waals surface area contributed by atoms with Crippen LogP contribution in [-0.4, -0.2) is 45.8 Å². The third-order valence-electron chi connectivity index (χ3n) is 5.82. The Labute approximate surface area is 165 Å². The van der Waals surface area contributed by atoms with Gasteiger partial charge in [0.15, 0.2) is 0 Å². The van der Waals surface area contributed by atoms with E-state index in [1.54, 1.807) is 0 Å². The Morgan fingerprint density at radius 1 is 1.15 bits per heavy atom. The van der Waals surface area contributed by atoms with Crippen LogP contribution in [0.25, 0.3) is 0 Å². The summed E-state index contributed by atoms with van der Waals surface area (Å²) < 4.78 is 4.56. The van der Waals surface area contributed by atoms with Crippen molar-refractivity contribution in [1.29, 1.82) is 0 Å². The number of nitrogens with zero attached hydrogens (tertiary/aromatic N) is 4. The fraction of sp³-hybridized carbons (Fsp3) is 0.571. The first-order valence-electron chi connectivity index (χ1n) is 10.0. The molecule has 0 saturated carbocycles. The van der Waals surface area contributed by atoms with Gasteiger partial charge in [-0.1, -0.05) is 36.8 Å². The number of benzene rings is 1. The van der Waals surface area contributed by atoms with Crippen LogP contribution in [0, 0.1) is 12.8 Å². The van der Waals surface area contributed by atoms with Crippen LogP contribution in [0.5, 0.6) is 0 Å². The van der Waals surface area contributed by atoms with E-state index >= 15 is 0 Å². The summed E-state index contributed by atoms with van der Waals surface area (Å²) in [5.41, 5.74) is 2.48. The van der Waals surface area contributed by atoms with Crippen molar-refractivity contribution in [3.63, 3.8) is 0 Å². The first kappa shape index (κ1) is 18.4. The molecule has 2 aliphatic rings. The highest BCUT2D eigenvalue weighted by Gasteiger charge is 2.36. The highest BCUT2D eigenvalue weighted by molar-refractivity contribution is 7.09. The summed E-state index contributed by atoms with van der Waals surface area (Å²) in [4.78, 5) is 22.1. The maximum atomic E-state index is 13.1. The maximum Gasteiger partial charge on any atom is 0.245 e. The Bertz CT molecular complexity index is 780. The monoisotopic (exact) mass is 384 g/mol. The van der Waals surface area contributed by atoms with E-state index in [4.69, 9.17) is 4.98 Å². The number of carbonyl (C=O) groups excluding carboxylic acids is 1. The average Bonchev–Trinajstić information content (AvgIpc) is 3.33. The van der Waals surface area contributed by atoms with Crippen LogP contribution in [0.3, 0.4) is 0 Å². The van der Waals surface area contributed by atoms with Gasteiger partial charge in [-0.15, -0.1) is 0 Å². The average molecular weight is 385 g/mol. The number of hydrogen-bond donors (Lipinski definition) is 0. The molecule has 0 aliphatic carbocycles. The molecule has 1 aromatic heterocycles. The minimum Gasteiger partial charge on any atom is -0.341 e. The standard InChI is InChI=1S/C21H28N4OS/c1-15-5-7-17(8-6-15)14-19-22-21(27-23-19)25-11-3-4-18(25)20(26)24-12-9-16(2)10-13-24/h5-8,16,18H,3-4,9-14H2,1-2H3/t18-/m0/s1. The Morgan fingerprint density at radius 3 is 2.63 bits per heavy atom. The molecule has 0 unspecified atom stereocenters. The van der Waals surface area contributed by atoms with E-state index in [9.17, 15) is 4.79 Å². The number of rotatable bonds is 4. The molecule has 1 atom stereocenters. The second-order valence-corrected chi connectivity index (χ2v) is 8.75. The zero-order valence-electron chi connectivity index (χ0n) is 16.2. The molecule has 1 amide bonds. The number of amides is 1. The second kappa shape index (κ2) is 7.97. The largest absolute Gasteiger partial charge is 0.341 e.